The Bertz CT molecular complexity index is 274. The van der Waals surface area contributed by atoms with Gasteiger partial charge in [-0.3, -0.25) is 0 Å². The van der Waals surface area contributed by atoms with E-state index in [0.29, 0.717) is 5.41 Å². The van der Waals surface area contributed by atoms with E-state index in [4.69, 9.17) is 0 Å². The maximum Gasteiger partial charge on any atom is -0.0137 e. The minimum atomic E-state index is 0.320. The Kier molecular flexibility index (Phi) is 3.74. The van der Waals surface area contributed by atoms with Gasteiger partial charge in [-0.05, 0) is 31.6 Å². The van der Waals surface area contributed by atoms with E-state index < -0.39 is 0 Å². The van der Waals surface area contributed by atoms with Crippen LogP contribution in [0.3, 0.4) is 0 Å². The standard InChI is InChI=1S/C14H22/c1-5-13-9-8-12(2)7-6-10-14(3,4)11-13/h6,8-10H,5,7,11H2,1-4H3. The van der Waals surface area contributed by atoms with Crippen molar-refractivity contribution in [3.8, 4) is 0 Å². The first kappa shape index (κ1) is 11.3. The van der Waals surface area contributed by atoms with Gasteiger partial charge in [0.05, 0.1) is 0 Å². The predicted molar refractivity (Wildman–Crippen MR) is 64.3 cm³/mol. The van der Waals surface area contributed by atoms with Gasteiger partial charge >= 0.3 is 0 Å². The van der Waals surface area contributed by atoms with Crippen LogP contribution in [0.5, 0.6) is 0 Å². The first-order valence-corrected chi connectivity index (χ1v) is 5.56. The van der Waals surface area contributed by atoms with Crippen molar-refractivity contribution < 1.29 is 0 Å². The van der Waals surface area contributed by atoms with E-state index in [0.717, 1.165) is 6.42 Å². The molecule has 0 unspecified atom stereocenters. The monoisotopic (exact) mass is 190 g/mol. The SMILES string of the molecule is CCC1=CC=C(C)CC=CC(C)(C)C1. The fourth-order valence-corrected chi connectivity index (χ4v) is 1.84. The summed E-state index contributed by atoms with van der Waals surface area (Å²) in [5, 5.41) is 0. The Morgan fingerprint density at radius 3 is 2.64 bits per heavy atom. The molecule has 0 aromatic rings. The van der Waals surface area contributed by atoms with Crippen LogP contribution in [0.15, 0.2) is 35.5 Å². The van der Waals surface area contributed by atoms with Crippen molar-refractivity contribution in [1.82, 2.24) is 0 Å². The van der Waals surface area contributed by atoms with Gasteiger partial charge in [-0.1, -0.05) is 56.2 Å². The van der Waals surface area contributed by atoms with Crippen LogP contribution in [-0.2, 0) is 0 Å². The van der Waals surface area contributed by atoms with Gasteiger partial charge in [0, 0.05) is 0 Å². The summed E-state index contributed by atoms with van der Waals surface area (Å²) < 4.78 is 0. The molecule has 1 aliphatic rings. The topological polar surface area (TPSA) is 0 Å². The Balaban J connectivity index is 2.91. The molecule has 14 heavy (non-hydrogen) atoms. The lowest BCUT2D eigenvalue weighted by Crippen LogP contribution is -2.08. The lowest BCUT2D eigenvalue weighted by Gasteiger charge is -2.21. The van der Waals surface area contributed by atoms with Gasteiger partial charge < -0.3 is 0 Å². The maximum atomic E-state index is 2.36. The smallest absolute Gasteiger partial charge is 0.0137 e. The zero-order valence-electron chi connectivity index (χ0n) is 9.93. The van der Waals surface area contributed by atoms with Crippen LogP contribution >= 0.6 is 0 Å². The molecule has 0 spiro atoms. The fourth-order valence-electron chi connectivity index (χ4n) is 1.84. The minimum absolute atomic E-state index is 0.320. The summed E-state index contributed by atoms with van der Waals surface area (Å²) in [5.74, 6) is 0. The summed E-state index contributed by atoms with van der Waals surface area (Å²) in [5.41, 5.74) is 3.33. The number of rotatable bonds is 1. The van der Waals surface area contributed by atoms with Crippen molar-refractivity contribution in [2.45, 2.75) is 47.0 Å². The molecular formula is C14H22. The van der Waals surface area contributed by atoms with Gasteiger partial charge in [0.2, 0.25) is 0 Å². The molecular weight excluding hydrogens is 168 g/mol. The van der Waals surface area contributed by atoms with Crippen LogP contribution in [0, 0.1) is 5.41 Å². The molecule has 1 aliphatic carbocycles. The van der Waals surface area contributed by atoms with E-state index >= 15 is 0 Å². The van der Waals surface area contributed by atoms with E-state index in [1.807, 2.05) is 0 Å². The Morgan fingerprint density at radius 1 is 1.29 bits per heavy atom. The molecule has 0 aromatic heterocycles. The van der Waals surface area contributed by atoms with Gasteiger partial charge in [0.1, 0.15) is 0 Å². The second-order valence-electron chi connectivity index (χ2n) is 4.96. The zero-order chi connectivity index (χ0) is 10.6. The molecule has 0 heterocycles. The highest BCUT2D eigenvalue weighted by Gasteiger charge is 2.15. The highest BCUT2D eigenvalue weighted by atomic mass is 14.2. The van der Waals surface area contributed by atoms with Crippen LogP contribution in [0.25, 0.3) is 0 Å². The van der Waals surface area contributed by atoms with Crippen LogP contribution < -0.4 is 0 Å². The molecule has 0 heteroatoms. The molecule has 0 radical (unpaired) electrons. The normalized spacial score (nSPS) is 21.7. The minimum Gasteiger partial charge on any atom is -0.0839 e. The van der Waals surface area contributed by atoms with E-state index in [1.165, 1.54) is 18.4 Å². The predicted octanol–water partition coefficient (Wildman–Crippen LogP) is 4.65. The molecule has 0 nitrogen and oxygen atoms in total. The highest BCUT2D eigenvalue weighted by Crippen LogP contribution is 2.29. The molecule has 0 aromatic carbocycles. The van der Waals surface area contributed by atoms with Crippen LogP contribution in [0.2, 0.25) is 0 Å². The second-order valence-corrected chi connectivity index (χ2v) is 4.96. The Hall–Kier alpha value is -0.780. The second kappa shape index (κ2) is 4.63. The number of hydrogen-bond donors (Lipinski definition) is 0. The summed E-state index contributed by atoms with van der Waals surface area (Å²) in [7, 11) is 0. The summed E-state index contributed by atoms with van der Waals surface area (Å²) >= 11 is 0. The van der Waals surface area contributed by atoms with E-state index in [9.17, 15) is 0 Å². The molecule has 0 bridgehead atoms. The van der Waals surface area contributed by atoms with Crippen molar-refractivity contribution in [2.75, 3.05) is 0 Å². The zero-order valence-corrected chi connectivity index (χ0v) is 9.93. The van der Waals surface area contributed by atoms with Crippen molar-refractivity contribution in [2.24, 2.45) is 5.41 Å². The van der Waals surface area contributed by atoms with Gasteiger partial charge in [-0.25, -0.2) is 0 Å². The van der Waals surface area contributed by atoms with Crippen molar-refractivity contribution in [1.29, 1.82) is 0 Å². The number of allylic oxidation sites excluding steroid dienone is 6. The third kappa shape index (κ3) is 3.53. The Labute approximate surface area is 88.4 Å². The van der Waals surface area contributed by atoms with Crippen LogP contribution in [0.4, 0.5) is 0 Å². The molecule has 0 N–H and O–H groups in total. The van der Waals surface area contributed by atoms with E-state index in [-0.39, 0.29) is 0 Å². The third-order valence-corrected chi connectivity index (χ3v) is 2.75. The summed E-state index contributed by atoms with van der Waals surface area (Å²) in [4.78, 5) is 0. The maximum absolute atomic E-state index is 2.36. The molecule has 0 atom stereocenters. The van der Waals surface area contributed by atoms with E-state index in [2.05, 4.69) is 52.0 Å². The first-order chi connectivity index (χ1) is 6.53. The van der Waals surface area contributed by atoms with Crippen molar-refractivity contribution in [3.63, 3.8) is 0 Å². The van der Waals surface area contributed by atoms with Gasteiger partial charge in [0.15, 0.2) is 0 Å². The highest BCUT2D eigenvalue weighted by molar-refractivity contribution is 5.22. The first-order valence-electron chi connectivity index (χ1n) is 5.56. The fraction of sp³-hybridized carbons (Fsp3) is 0.571. The van der Waals surface area contributed by atoms with Gasteiger partial charge in [0.25, 0.3) is 0 Å². The lowest BCUT2D eigenvalue weighted by atomic mass is 9.84. The molecule has 1 rings (SSSR count). The summed E-state index contributed by atoms with van der Waals surface area (Å²) in [6.45, 7) is 9.07. The molecule has 0 fully saturated rings. The third-order valence-electron chi connectivity index (χ3n) is 2.75. The van der Waals surface area contributed by atoms with Gasteiger partial charge in [-0.15, -0.1) is 0 Å². The quantitative estimate of drug-likeness (QED) is 0.528. The molecule has 0 aliphatic heterocycles. The lowest BCUT2D eigenvalue weighted by molar-refractivity contribution is 0.469. The van der Waals surface area contributed by atoms with Crippen LogP contribution in [-0.4, -0.2) is 0 Å². The molecule has 0 saturated heterocycles. The van der Waals surface area contributed by atoms with Crippen molar-refractivity contribution in [3.05, 3.63) is 35.5 Å². The molecule has 0 saturated carbocycles. The summed E-state index contributed by atoms with van der Waals surface area (Å²) in [6.07, 6.45) is 12.7. The van der Waals surface area contributed by atoms with E-state index in [1.54, 1.807) is 5.57 Å². The van der Waals surface area contributed by atoms with Crippen molar-refractivity contribution >= 4 is 0 Å². The number of hydrogen-bond acceptors (Lipinski definition) is 0. The largest absolute Gasteiger partial charge is 0.0839 e. The Morgan fingerprint density at radius 2 is 2.00 bits per heavy atom. The molecule has 0 amide bonds. The average molecular weight is 190 g/mol. The average Bonchev–Trinajstić information content (AvgIpc) is 2.16. The van der Waals surface area contributed by atoms with Crippen LogP contribution in [0.1, 0.15) is 47.0 Å². The molecule has 78 valence electrons. The summed E-state index contributed by atoms with van der Waals surface area (Å²) in [6, 6.07) is 0. The van der Waals surface area contributed by atoms with Gasteiger partial charge in [-0.2, -0.15) is 0 Å².